The molecule has 0 aliphatic heterocycles. The monoisotopic (exact) mass is 350 g/mol. The van der Waals surface area contributed by atoms with Crippen molar-refractivity contribution in [3.8, 4) is 0 Å². The van der Waals surface area contributed by atoms with Gasteiger partial charge in [-0.05, 0) is 20.8 Å². The minimum atomic E-state index is -0.196. The number of aryl methyl sites for hydroxylation is 1. The molecule has 0 bridgehead atoms. The molecule has 2 heterocycles. The van der Waals surface area contributed by atoms with E-state index in [0.29, 0.717) is 24.9 Å². The van der Waals surface area contributed by atoms with Crippen molar-refractivity contribution in [2.24, 2.45) is 12.0 Å². The molecule has 2 rings (SSSR count). The van der Waals surface area contributed by atoms with Crippen molar-refractivity contribution in [1.29, 1.82) is 0 Å². The molecule has 25 heavy (non-hydrogen) atoms. The summed E-state index contributed by atoms with van der Waals surface area (Å²) in [6.07, 6.45) is 1.34. The second kappa shape index (κ2) is 9.11. The highest BCUT2D eigenvalue weighted by molar-refractivity contribution is 5.79. The Bertz CT molecular complexity index is 681. The summed E-state index contributed by atoms with van der Waals surface area (Å²) in [6, 6.07) is 0. The van der Waals surface area contributed by atoms with Crippen molar-refractivity contribution < 1.29 is 9.26 Å². The third-order valence-electron chi connectivity index (χ3n) is 3.51. The number of aliphatic imine (C=N–C) groups is 1. The highest BCUT2D eigenvalue weighted by Gasteiger charge is 2.14. The zero-order valence-electron chi connectivity index (χ0n) is 15.4. The lowest BCUT2D eigenvalue weighted by molar-refractivity contribution is 0.0683. The lowest BCUT2D eigenvalue weighted by Gasteiger charge is -2.21. The van der Waals surface area contributed by atoms with Crippen molar-refractivity contribution in [3.05, 3.63) is 23.9 Å². The van der Waals surface area contributed by atoms with Gasteiger partial charge in [0.2, 0.25) is 5.89 Å². The van der Waals surface area contributed by atoms with Crippen LogP contribution in [0.3, 0.4) is 0 Å². The molecule has 0 radical (unpaired) electrons. The molecule has 0 fully saturated rings. The minimum Gasteiger partial charge on any atom is -0.371 e. The molecule has 0 aliphatic carbocycles. The first-order valence-corrected chi connectivity index (χ1v) is 8.31. The van der Waals surface area contributed by atoms with Crippen LogP contribution in [-0.4, -0.2) is 56.0 Å². The van der Waals surface area contributed by atoms with Gasteiger partial charge in [-0.1, -0.05) is 5.16 Å². The number of hydrogen-bond donors (Lipinski definition) is 1. The molecule has 1 atom stereocenters. The molecule has 138 valence electrons. The van der Waals surface area contributed by atoms with Gasteiger partial charge in [0, 0.05) is 27.2 Å². The van der Waals surface area contributed by atoms with E-state index >= 15 is 0 Å². The van der Waals surface area contributed by atoms with Crippen LogP contribution >= 0.6 is 0 Å². The number of ether oxygens (including phenoxy) is 1. The van der Waals surface area contributed by atoms with Gasteiger partial charge >= 0.3 is 0 Å². The molecule has 0 spiro atoms. The summed E-state index contributed by atoms with van der Waals surface area (Å²) < 4.78 is 12.4. The normalized spacial score (nSPS) is 13.1. The van der Waals surface area contributed by atoms with Crippen LogP contribution in [0.5, 0.6) is 0 Å². The van der Waals surface area contributed by atoms with E-state index in [4.69, 9.17) is 9.26 Å². The molecule has 10 heteroatoms. The molecule has 0 saturated carbocycles. The number of aromatic nitrogens is 5. The lowest BCUT2D eigenvalue weighted by Crippen LogP contribution is -2.39. The topological polar surface area (TPSA) is 106 Å². The van der Waals surface area contributed by atoms with Crippen LogP contribution in [0.4, 0.5) is 0 Å². The third kappa shape index (κ3) is 5.24. The Morgan fingerprint density at radius 1 is 1.48 bits per heavy atom. The quantitative estimate of drug-likeness (QED) is 0.553. The van der Waals surface area contributed by atoms with Crippen molar-refractivity contribution in [2.75, 3.05) is 20.2 Å². The summed E-state index contributed by atoms with van der Waals surface area (Å²) in [4.78, 5) is 15.1. The Hall–Kier alpha value is -2.49. The molecule has 0 saturated heterocycles. The fourth-order valence-electron chi connectivity index (χ4n) is 2.18. The first-order chi connectivity index (χ1) is 12.0. The van der Waals surface area contributed by atoms with Crippen LogP contribution < -0.4 is 5.32 Å². The lowest BCUT2D eigenvalue weighted by atomic mass is 10.4. The second-order valence-corrected chi connectivity index (χ2v) is 5.47. The van der Waals surface area contributed by atoms with E-state index in [1.54, 1.807) is 4.68 Å². The standard InChI is InChI=1S/C15H26N8O2/c1-6-16-15(22(4)9-12-18-10-19-23(12)5)17-8-13-20-14(21-25-13)11(3)24-7-2/h10-11H,6-9H2,1-5H3,(H,16,17). The third-order valence-corrected chi connectivity index (χ3v) is 3.51. The molecule has 0 aromatic carbocycles. The van der Waals surface area contributed by atoms with Gasteiger partial charge in [-0.25, -0.2) is 9.98 Å². The van der Waals surface area contributed by atoms with Crippen LogP contribution in [-0.2, 0) is 24.9 Å². The summed E-state index contributed by atoms with van der Waals surface area (Å²) in [7, 11) is 3.80. The van der Waals surface area contributed by atoms with E-state index in [1.165, 1.54) is 6.33 Å². The van der Waals surface area contributed by atoms with E-state index in [9.17, 15) is 0 Å². The maximum Gasteiger partial charge on any atom is 0.248 e. The van der Waals surface area contributed by atoms with Gasteiger partial charge < -0.3 is 19.5 Å². The average molecular weight is 350 g/mol. The van der Waals surface area contributed by atoms with Crippen LogP contribution in [0.1, 0.15) is 44.4 Å². The molecule has 1 N–H and O–H groups in total. The predicted octanol–water partition coefficient (Wildman–Crippen LogP) is 0.893. The smallest absolute Gasteiger partial charge is 0.248 e. The van der Waals surface area contributed by atoms with Crippen molar-refractivity contribution in [3.63, 3.8) is 0 Å². The summed E-state index contributed by atoms with van der Waals surface area (Å²) >= 11 is 0. The summed E-state index contributed by atoms with van der Waals surface area (Å²) in [5.74, 6) is 2.55. The highest BCUT2D eigenvalue weighted by Crippen LogP contribution is 2.13. The number of rotatable bonds is 8. The van der Waals surface area contributed by atoms with Gasteiger partial charge in [0.15, 0.2) is 11.8 Å². The molecule has 0 aliphatic rings. The van der Waals surface area contributed by atoms with Crippen LogP contribution in [0.25, 0.3) is 0 Å². The SMILES string of the molecule is CCNC(=NCc1nc(C(C)OCC)no1)N(C)Cc1ncnn1C. The molecule has 2 aromatic heterocycles. The van der Waals surface area contributed by atoms with Gasteiger partial charge in [-0.3, -0.25) is 4.68 Å². The fraction of sp³-hybridized carbons (Fsp3) is 0.667. The molecule has 2 aromatic rings. The van der Waals surface area contributed by atoms with Gasteiger partial charge in [-0.2, -0.15) is 10.1 Å². The largest absolute Gasteiger partial charge is 0.371 e. The molecular formula is C15H26N8O2. The van der Waals surface area contributed by atoms with Gasteiger partial charge in [-0.15, -0.1) is 0 Å². The number of nitrogens with zero attached hydrogens (tertiary/aromatic N) is 7. The van der Waals surface area contributed by atoms with Crippen LogP contribution in [0, 0.1) is 0 Å². The summed E-state index contributed by atoms with van der Waals surface area (Å²) in [5.41, 5.74) is 0. The van der Waals surface area contributed by atoms with E-state index in [1.807, 2.05) is 39.8 Å². The van der Waals surface area contributed by atoms with E-state index in [2.05, 4.69) is 30.5 Å². The highest BCUT2D eigenvalue weighted by atomic mass is 16.5. The zero-order valence-corrected chi connectivity index (χ0v) is 15.4. The van der Waals surface area contributed by atoms with E-state index < -0.39 is 0 Å². The predicted molar refractivity (Wildman–Crippen MR) is 91.6 cm³/mol. The number of hydrogen-bond acceptors (Lipinski definition) is 7. The van der Waals surface area contributed by atoms with Gasteiger partial charge in [0.05, 0.1) is 6.54 Å². The first-order valence-electron chi connectivity index (χ1n) is 8.31. The zero-order chi connectivity index (χ0) is 18.2. The molecule has 1 unspecified atom stereocenters. The number of guanidine groups is 1. The van der Waals surface area contributed by atoms with Crippen molar-refractivity contribution in [2.45, 2.75) is 40.0 Å². The fourth-order valence-corrected chi connectivity index (χ4v) is 2.18. The first kappa shape index (κ1) is 18.8. The summed E-state index contributed by atoms with van der Waals surface area (Å²) in [5, 5.41) is 11.3. The van der Waals surface area contributed by atoms with Gasteiger partial charge in [0.1, 0.15) is 24.8 Å². The van der Waals surface area contributed by atoms with Crippen LogP contribution in [0.15, 0.2) is 15.8 Å². The van der Waals surface area contributed by atoms with Crippen molar-refractivity contribution in [1.82, 2.24) is 35.1 Å². The van der Waals surface area contributed by atoms with Gasteiger partial charge in [0.25, 0.3) is 0 Å². The minimum absolute atomic E-state index is 0.196. The Kier molecular flexibility index (Phi) is 6.87. The molecule has 0 amide bonds. The number of nitrogens with one attached hydrogen (secondary N) is 1. The maximum atomic E-state index is 5.46. The summed E-state index contributed by atoms with van der Waals surface area (Å²) in [6.45, 7) is 8.05. The average Bonchev–Trinajstić information content (AvgIpc) is 3.21. The Labute approximate surface area is 147 Å². The Morgan fingerprint density at radius 2 is 2.28 bits per heavy atom. The maximum absolute atomic E-state index is 5.46. The Morgan fingerprint density at radius 3 is 2.92 bits per heavy atom. The van der Waals surface area contributed by atoms with E-state index in [0.717, 1.165) is 18.3 Å². The molecular weight excluding hydrogens is 324 g/mol. The van der Waals surface area contributed by atoms with E-state index in [-0.39, 0.29) is 12.6 Å². The second-order valence-electron chi connectivity index (χ2n) is 5.47. The Balaban J connectivity index is 2.02. The van der Waals surface area contributed by atoms with Crippen molar-refractivity contribution >= 4 is 5.96 Å². The molecule has 10 nitrogen and oxygen atoms in total. The van der Waals surface area contributed by atoms with Crippen LogP contribution in [0.2, 0.25) is 0 Å².